The number of H-pyrrole nitrogens is 1. The first kappa shape index (κ1) is 11.8. The highest BCUT2D eigenvalue weighted by molar-refractivity contribution is 7.99. The SMILES string of the molecule is CSC(C)CNC(=O)c1c[nH]ccc1=O. The number of pyridine rings is 1. The minimum absolute atomic E-state index is 0.158. The predicted octanol–water partition coefficient (Wildman–Crippen LogP) is 0.856. The lowest BCUT2D eigenvalue weighted by Gasteiger charge is -2.09. The number of nitrogens with one attached hydrogen (secondary N) is 2. The molecule has 2 N–H and O–H groups in total. The third-order valence-electron chi connectivity index (χ3n) is 2.02. The molecule has 1 unspecified atom stereocenters. The van der Waals surface area contributed by atoms with Crippen molar-refractivity contribution >= 4 is 17.7 Å². The lowest BCUT2D eigenvalue weighted by molar-refractivity contribution is 0.0952. The minimum Gasteiger partial charge on any atom is -0.367 e. The molecule has 0 aliphatic heterocycles. The van der Waals surface area contributed by atoms with E-state index in [1.807, 2.05) is 13.2 Å². The largest absolute Gasteiger partial charge is 0.367 e. The van der Waals surface area contributed by atoms with Gasteiger partial charge in [-0.15, -0.1) is 0 Å². The number of thioether (sulfide) groups is 1. The van der Waals surface area contributed by atoms with Crippen LogP contribution in [0.25, 0.3) is 0 Å². The fourth-order valence-electron chi connectivity index (χ4n) is 1.01. The zero-order valence-corrected chi connectivity index (χ0v) is 9.56. The quantitative estimate of drug-likeness (QED) is 0.800. The second kappa shape index (κ2) is 5.60. The highest BCUT2D eigenvalue weighted by Crippen LogP contribution is 2.02. The number of carbonyl (C=O) groups excluding carboxylic acids is 1. The molecule has 0 saturated carbocycles. The van der Waals surface area contributed by atoms with Gasteiger partial charge in [-0.25, -0.2) is 0 Å². The summed E-state index contributed by atoms with van der Waals surface area (Å²) in [7, 11) is 0. The predicted molar refractivity (Wildman–Crippen MR) is 62.4 cm³/mol. The smallest absolute Gasteiger partial charge is 0.256 e. The lowest BCUT2D eigenvalue weighted by atomic mass is 10.2. The van der Waals surface area contributed by atoms with Crippen molar-refractivity contribution in [1.29, 1.82) is 0 Å². The van der Waals surface area contributed by atoms with E-state index in [1.54, 1.807) is 11.8 Å². The molecule has 0 saturated heterocycles. The molecule has 5 heteroatoms. The zero-order valence-electron chi connectivity index (χ0n) is 8.74. The van der Waals surface area contributed by atoms with Crippen LogP contribution in [-0.2, 0) is 0 Å². The fourth-order valence-corrected chi connectivity index (χ4v) is 1.26. The summed E-state index contributed by atoms with van der Waals surface area (Å²) in [6.07, 6.45) is 4.90. The number of carbonyl (C=O) groups is 1. The average molecular weight is 226 g/mol. The zero-order chi connectivity index (χ0) is 11.3. The number of hydrogen-bond donors (Lipinski definition) is 2. The van der Waals surface area contributed by atoms with Crippen molar-refractivity contribution < 1.29 is 4.79 Å². The van der Waals surface area contributed by atoms with Crippen molar-refractivity contribution in [2.24, 2.45) is 0 Å². The van der Waals surface area contributed by atoms with E-state index < -0.39 is 0 Å². The average Bonchev–Trinajstić information content (AvgIpc) is 2.26. The van der Waals surface area contributed by atoms with Crippen molar-refractivity contribution in [3.63, 3.8) is 0 Å². The van der Waals surface area contributed by atoms with Crippen molar-refractivity contribution in [2.75, 3.05) is 12.8 Å². The first-order valence-electron chi connectivity index (χ1n) is 4.63. The normalized spacial score (nSPS) is 12.1. The van der Waals surface area contributed by atoms with E-state index in [1.165, 1.54) is 18.5 Å². The van der Waals surface area contributed by atoms with Gasteiger partial charge in [-0.3, -0.25) is 9.59 Å². The molecule has 1 heterocycles. The monoisotopic (exact) mass is 226 g/mol. The maximum absolute atomic E-state index is 11.5. The van der Waals surface area contributed by atoms with Crippen LogP contribution < -0.4 is 10.7 Å². The van der Waals surface area contributed by atoms with Gasteiger partial charge in [-0.2, -0.15) is 11.8 Å². The molecule has 1 atom stereocenters. The molecule has 15 heavy (non-hydrogen) atoms. The maximum Gasteiger partial charge on any atom is 0.256 e. The highest BCUT2D eigenvalue weighted by Gasteiger charge is 2.09. The van der Waals surface area contributed by atoms with E-state index >= 15 is 0 Å². The molecular formula is C10H14N2O2S. The van der Waals surface area contributed by atoms with Crippen LogP contribution in [0.1, 0.15) is 17.3 Å². The van der Waals surface area contributed by atoms with Crippen LogP contribution in [0.4, 0.5) is 0 Å². The Kier molecular flexibility index (Phi) is 4.42. The van der Waals surface area contributed by atoms with Gasteiger partial charge in [-0.1, -0.05) is 6.92 Å². The first-order valence-corrected chi connectivity index (χ1v) is 5.92. The van der Waals surface area contributed by atoms with Crippen LogP contribution in [0, 0.1) is 0 Å². The van der Waals surface area contributed by atoms with Gasteiger partial charge in [0.15, 0.2) is 5.43 Å². The van der Waals surface area contributed by atoms with Gasteiger partial charge in [0.2, 0.25) is 0 Å². The van der Waals surface area contributed by atoms with E-state index in [0.29, 0.717) is 11.8 Å². The summed E-state index contributed by atoms with van der Waals surface area (Å²) in [5, 5.41) is 3.05. The van der Waals surface area contributed by atoms with Crippen LogP contribution in [0.3, 0.4) is 0 Å². The Bertz CT molecular complexity index is 389. The van der Waals surface area contributed by atoms with Crippen molar-refractivity contribution in [3.05, 3.63) is 34.2 Å². The van der Waals surface area contributed by atoms with Gasteiger partial charge in [0.25, 0.3) is 5.91 Å². The number of aromatic amines is 1. The first-order chi connectivity index (χ1) is 7.15. The second-order valence-electron chi connectivity index (χ2n) is 3.18. The van der Waals surface area contributed by atoms with E-state index in [2.05, 4.69) is 10.3 Å². The molecule has 0 fully saturated rings. The van der Waals surface area contributed by atoms with Crippen molar-refractivity contribution in [1.82, 2.24) is 10.3 Å². The molecule has 0 bridgehead atoms. The molecule has 0 radical (unpaired) electrons. The lowest BCUT2D eigenvalue weighted by Crippen LogP contribution is -2.32. The molecule has 4 nitrogen and oxygen atoms in total. The molecule has 0 aliphatic carbocycles. The molecule has 1 aromatic heterocycles. The minimum atomic E-state index is -0.322. The third kappa shape index (κ3) is 3.43. The van der Waals surface area contributed by atoms with Crippen LogP contribution in [-0.4, -0.2) is 28.9 Å². The van der Waals surface area contributed by atoms with Gasteiger partial charge in [0.05, 0.1) is 0 Å². The standard InChI is InChI=1S/C10H14N2O2S/c1-7(15-2)5-12-10(14)8-6-11-4-3-9(8)13/h3-4,6-7H,5H2,1-2H3,(H,11,13)(H,12,14). The van der Waals surface area contributed by atoms with E-state index in [9.17, 15) is 9.59 Å². The Morgan fingerprint density at radius 1 is 1.67 bits per heavy atom. The van der Waals surface area contributed by atoms with E-state index in [-0.39, 0.29) is 16.9 Å². The van der Waals surface area contributed by atoms with Crippen LogP contribution >= 0.6 is 11.8 Å². The molecule has 0 aliphatic rings. The molecule has 82 valence electrons. The van der Waals surface area contributed by atoms with Gasteiger partial charge < -0.3 is 10.3 Å². The summed E-state index contributed by atoms with van der Waals surface area (Å²) in [5.74, 6) is -0.322. The summed E-state index contributed by atoms with van der Waals surface area (Å²) in [4.78, 5) is 25.6. The van der Waals surface area contributed by atoms with Crippen LogP contribution in [0.15, 0.2) is 23.3 Å². The molecule has 1 amide bonds. The summed E-state index contributed by atoms with van der Waals surface area (Å²) >= 11 is 1.67. The Hall–Kier alpha value is -1.23. The van der Waals surface area contributed by atoms with Crippen molar-refractivity contribution in [2.45, 2.75) is 12.2 Å². The van der Waals surface area contributed by atoms with Gasteiger partial charge >= 0.3 is 0 Å². The number of amides is 1. The fraction of sp³-hybridized carbons (Fsp3) is 0.400. The summed E-state index contributed by atoms with van der Waals surface area (Å²) in [6, 6.07) is 1.34. The van der Waals surface area contributed by atoms with Crippen molar-refractivity contribution in [3.8, 4) is 0 Å². The van der Waals surface area contributed by atoms with Crippen LogP contribution in [0.2, 0.25) is 0 Å². The number of hydrogen-bond acceptors (Lipinski definition) is 3. The Labute approximate surface area is 92.5 Å². The van der Waals surface area contributed by atoms with Crippen LogP contribution in [0.5, 0.6) is 0 Å². The Morgan fingerprint density at radius 2 is 2.40 bits per heavy atom. The third-order valence-corrected chi connectivity index (χ3v) is 2.99. The number of aromatic nitrogens is 1. The topological polar surface area (TPSA) is 62.0 Å². The summed E-state index contributed by atoms with van der Waals surface area (Å²) < 4.78 is 0. The number of rotatable bonds is 4. The second-order valence-corrected chi connectivity index (χ2v) is 4.45. The molecule has 1 aromatic rings. The molecule has 0 spiro atoms. The van der Waals surface area contributed by atoms with E-state index in [4.69, 9.17) is 0 Å². The molecule has 1 rings (SSSR count). The highest BCUT2D eigenvalue weighted by atomic mass is 32.2. The van der Waals surface area contributed by atoms with Gasteiger partial charge in [-0.05, 0) is 6.26 Å². The molecular weight excluding hydrogens is 212 g/mol. The van der Waals surface area contributed by atoms with Gasteiger partial charge in [0.1, 0.15) is 5.56 Å². The van der Waals surface area contributed by atoms with E-state index in [0.717, 1.165) is 0 Å². The Morgan fingerprint density at radius 3 is 3.00 bits per heavy atom. The summed E-state index contributed by atoms with van der Waals surface area (Å²) in [6.45, 7) is 2.58. The Balaban J connectivity index is 2.62. The molecule has 0 aromatic carbocycles. The maximum atomic E-state index is 11.5. The van der Waals surface area contributed by atoms with Gasteiger partial charge in [0, 0.05) is 30.3 Å². The summed E-state index contributed by atoms with van der Waals surface area (Å²) in [5.41, 5.74) is -0.103.